The number of benzene rings is 1. The maximum absolute atomic E-state index is 10.6. The van der Waals surface area contributed by atoms with Crippen molar-refractivity contribution in [3.63, 3.8) is 0 Å². The molecule has 0 atom stereocenters. The summed E-state index contributed by atoms with van der Waals surface area (Å²) >= 11 is 1.72. The van der Waals surface area contributed by atoms with E-state index in [9.17, 15) is 4.79 Å². The van der Waals surface area contributed by atoms with Crippen LogP contribution < -0.4 is 0 Å². The number of aryl methyl sites for hydroxylation is 1. The Labute approximate surface area is 110 Å². The molecule has 0 aliphatic carbocycles. The zero-order chi connectivity index (χ0) is 13.0. The van der Waals surface area contributed by atoms with Gasteiger partial charge >= 0.3 is 5.97 Å². The van der Waals surface area contributed by atoms with Crippen molar-refractivity contribution in [2.75, 3.05) is 0 Å². The van der Waals surface area contributed by atoms with Gasteiger partial charge in [0.2, 0.25) is 0 Å². The smallest absolute Gasteiger partial charge is 0.307 e. The average molecular weight is 262 g/mol. The highest BCUT2D eigenvalue weighted by Gasteiger charge is 2.03. The van der Waals surface area contributed by atoms with Crippen LogP contribution in [0.15, 0.2) is 45.9 Å². The van der Waals surface area contributed by atoms with Gasteiger partial charge in [-0.25, -0.2) is 0 Å². The van der Waals surface area contributed by atoms with Gasteiger partial charge < -0.3 is 9.52 Å². The molecule has 1 aromatic carbocycles. The van der Waals surface area contributed by atoms with E-state index in [0.29, 0.717) is 0 Å². The van der Waals surface area contributed by atoms with Crippen LogP contribution in [0.4, 0.5) is 0 Å². The molecule has 0 fully saturated rings. The summed E-state index contributed by atoms with van der Waals surface area (Å²) in [6.07, 6.45) is 1.77. The summed E-state index contributed by atoms with van der Waals surface area (Å²) in [4.78, 5) is 11.7. The Bertz CT molecular complexity index is 528. The third-order valence-corrected chi connectivity index (χ3v) is 3.80. The fourth-order valence-electron chi connectivity index (χ4n) is 1.61. The zero-order valence-corrected chi connectivity index (χ0v) is 10.9. The first-order valence-corrected chi connectivity index (χ1v) is 6.60. The predicted molar refractivity (Wildman–Crippen MR) is 70.8 cm³/mol. The van der Waals surface area contributed by atoms with Crippen LogP contribution >= 0.6 is 11.8 Å². The molecule has 4 heteroatoms. The third kappa shape index (κ3) is 3.40. The number of rotatable bonds is 5. The molecule has 0 spiro atoms. The molecule has 94 valence electrons. The monoisotopic (exact) mass is 262 g/mol. The summed E-state index contributed by atoms with van der Waals surface area (Å²) in [6, 6.07) is 9.64. The second kappa shape index (κ2) is 5.78. The van der Waals surface area contributed by atoms with Crippen molar-refractivity contribution < 1.29 is 14.3 Å². The molecular weight excluding hydrogens is 248 g/mol. The number of carboxylic acid groups (broad SMARTS) is 1. The Kier molecular flexibility index (Phi) is 4.10. The second-order valence-electron chi connectivity index (χ2n) is 4.02. The molecule has 0 amide bonds. The van der Waals surface area contributed by atoms with Crippen LogP contribution in [0.5, 0.6) is 0 Å². The lowest BCUT2D eigenvalue weighted by Crippen LogP contribution is -1.99. The molecule has 0 aliphatic heterocycles. The van der Waals surface area contributed by atoms with Gasteiger partial charge in [-0.3, -0.25) is 4.79 Å². The second-order valence-corrected chi connectivity index (χ2v) is 5.03. The summed E-state index contributed by atoms with van der Waals surface area (Å²) in [5.41, 5.74) is 2.01. The minimum atomic E-state index is -0.800. The molecule has 0 saturated carbocycles. The van der Waals surface area contributed by atoms with Crippen LogP contribution in [0.25, 0.3) is 0 Å². The van der Waals surface area contributed by atoms with Crippen molar-refractivity contribution in [3.8, 4) is 0 Å². The van der Waals surface area contributed by atoms with Gasteiger partial charge in [0.1, 0.15) is 5.76 Å². The molecule has 0 bridgehead atoms. The van der Waals surface area contributed by atoms with Crippen LogP contribution in [-0.4, -0.2) is 11.1 Å². The number of hydrogen-bond donors (Lipinski definition) is 1. The Balaban J connectivity index is 1.94. The number of carbonyl (C=O) groups is 1. The van der Waals surface area contributed by atoms with Crippen molar-refractivity contribution in [2.24, 2.45) is 0 Å². The van der Waals surface area contributed by atoms with E-state index in [1.165, 1.54) is 5.56 Å². The Morgan fingerprint density at radius 2 is 1.89 bits per heavy atom. The molecule has 2 aromatic rings. The standard InChI is InChI=1S/C14H14O3S/c1-10-13(6-7-17-10)18-9-12-4-2-11(3-5-12)8-14(15)16/h2-7H,8-9H2,1H3,(H,15,16). The van der Waals surface area contributed by atoms with Crippen molar-refractivity contribution in [1.82, 2.24) is 0 Å². The summed E-state index contributed by atoms with van der Waals surface area (Å²) < 4.78 is 5.23. The molecule has 1 heterocycles. The van der Waals surface area contributed by atoms with E-state index in [-0.39, 0.29) is 6.42 Å². The van der Waals surface area contributed by atoms with E-state index in [1.807, 2.05) is 37.3 Å². The average Bonchev–Trinajstić information content (AvgIpc) is 2.73. The highest BCUT2D eigenvalue weighted by molar-refractivity contribution is 7.98. The van der Waals surface area contributed by atoms with Crippen molar-refractivity contribution >= 4 is 17.7 Å². The number of furan rings is 1. The number of thioether (sulfide) groups is 1. The van der Waals surface area contributed by atoms with E-state index < -0.39 is 5.97 Å². The fourth-order valence-corrected chi connectivity index (χ4v) is 2.53. The van der Waals surface area contributed by atoms with Crippen molar-refractivity contribution in [1.29, 1.82) is 0 Å². The van der Waals surface area contributed by atoms with E-state index in [1.54, 1.807) is 18.0 Å². The quantitative estimate of drug-likeness (QED) is 0.838. The summed E-state index contributed by atoms with van der Waals surface area (Å²) in [7, 11) is 0. The van der Waals surface area contributed by atoms with Gasteiger partial charge in [-0.1, -0.05) is 24.3 Å². The fraction of sp³-hybridized carbons (Fsp3) is 0.214. The molecule has 1 aromatic heterocycles. The van der Waals surface area contributed by atoms with E-state index >= 15 is 0 Å². The van der Waals surface area contributed by atoms with Gasteiger partial charge in [-0.2, -0.15) is 0 Å². The van der Waals surface area contributed by atoms with E-state index in [4.69, 9.17) is 9.52 Å². The lowest BCUT2D eigenvalue weighted by atomic mass is 10.1. The third-order valence-electron chi connectivity index (χ3n) is 2.58. The largest absolute Gasteiger partial charge is 0.481 e. The van der Waals surface area contributed by atoms with Gasteiger partial charge in [0, 0.05) is 10.6 Å². The van der Waals surface area contributed by atoms with E-state index in [0.717, 1.165) is 22.0 Å². The van der Waals surface area contributed by atoms with Crippen LogP contribution in [0.3, 0.4) is 0 Å². The molecular formula is C14H14O3S. The number of carboxylic acids is 1. The molecule has 3 nitrogen and oxygen atoms in total. The molecule has 1 N–H and O–H groups in total. The van der Waals surface area contributed by atoms with Gasteiger partial charge in [-0.15, -0.1) is 11.8 Å². The van der Waals surface area contributed by atoms with Gasteiger partial charge in [0.15, 0.2) is 0 Å². The summed E-state index contributed by atoms with van der Waals surface area (Å²) in [5, 5.41) is 8.68. The number of hydrogen-bond acceptors (Lipinski definition) is 3. The molecule has 0 aliphatic rings. The first-order valence-electron chi connectivity index (χ1n) is 5.61. The van der Waals surface area contributed by atoms with Gasteiger partial charge in [0.05, 0.1) is 12.7 Å². The first kappa shape index (κ1) is 12.8. The Hall–Kier alpha value is -1.68. The minimum absolute atomic E-state index is 0.0776. The summed E-state index contributed by atoms with van der Waals surface area (Å²) in [6.45, 7) is 1.94. The van der Waals surface area contributed by atoms with Crippen LogP contribution in [0.2, 0.25) is 0 Å². The molecule has 0 saturated heterocycles. The topological polar surface area (TPSA) is 50.4 Å². The van der Waals surface area contributed by atoms with Crippen LogP contribution in [0.1, 0.15) is 16.9 Å². The highest BCUT2D eigenvalue weighted by Crippen LogP contribution is 2.26. The lowest BCUT2D eigenvalue weighted by Gasteiger charge is -2.02. The molecule has 0 unspecified atom stereocenters. The lowest BCUT2D eigenvalue weighted by molar-refractivity contribution is -0.136. The molecule has 2 rings (SSSR count). The highest BCUT2D eigenvalue weighted by atomic mass is 32.2. The SMILES string of the molecule is Cc1occc1SCc1ccc(CC(=O)O)cc1. The Morgan fingerprint density at radius 1 is 1.22 bits per heavy atom. The van der Waals surface area contributed by atoms with Gasteiger partial charge in [-0.05, 0) is 24.1 Å². The van der Waals surface area contributed by atoms with Crippen molar-refractivity contribution in [2.45, 2.75) is 24.0 Å². The van der Waals surface area contributed by atoms with Crippen LogP contribution in [-0.2, 0) is 17.0 Å². The molecule has 0 radical (unpaired) electrons. The number of aliphatic carboxylic acids is 1. The maximum Gasteiger partial charge on any atom is 0.307 e. The maximum atomic E-state index is 10.6. The predicted octanol–water partition coefficient (Wildman–Crippen LogP) is 3.51. The molecule has 18 heavy (non-hydrogen) atoms. The summed E-state index contributed by atoms with van der Waals surface area (Å²) in [5.74, 6) is 0.988. The van der Waals surface area contributed by atoms with Gasteiger partial charge in [0.25, 0.3) is 0 Å². The zero-order valence-electron chi connectivity index (χ0n) is 10.1. The van der Waals surface area contributed by atoms with Crippen LogP contribution in [0, 0.1) is 6.92 Å². The Morgan fingerprint density at radius 3 is 2.44 bits per heavy atom. The first-order chi connectivity index (χ1) is 8.65. The normalized spacial score (nSPS) is 10.5. The van der Waals surface area contributed by atoms with Crippen molar-refractivity contribution in [3.05, 3.63) is 53.5 Å². The van der Waals surface area contributed by atoms with E-state index in [2.05, 4.69) is 0 Å². The minimum Gasteiger partial charge on any atom is -0.481 e.